The maximum atomic E-state index is 13.4. The molecule has 0 fully saturated rings. The third-order valence-corrected chi connectivity index (χ3v) is 4.74. The monoisotopic (exact) mass is 332 g/mol. The zero-order chi connectivity index (χ0) is 16.4. The van der Waals surface area contributed by atoms with E-state index in [-0.39, 0.29) is 17.9 Å². The van der Waals surface area contributed by atoms with E-state index in [1.165, 1.54) is 6.92 Å². The van der Waals surface area contributed by atoms with Gasteiger partial charge in [-0.1, -0.05) is 6.92 Å². The second kappa shape index (κ2) is 6.69. The highest BCUT2D eigenvalue weighted by Crippen LogP contribution is 2.29. The van der Waals surface area contributed by atoms with Crippen LogP contribution >= 0.6 is 0 Å². The Morgan fingerprint density at radius 1 is 0.952 bits per heavy atom. The predicted molar refractivity (Wildman–Crippen MR) is 64.8 cm³/mol. The van der Waals surface area contributed by atoms with Crippen molar-refractivity contribution in [2.24, 2.45) is 0 Å². The van der Waals surface area contributed by atoms with Crippen molar-refractivity contribution in [3.8, 4) is 0 Å². The number of aliphatic hydroxyl groups excluding tert-OH is 1. The molecule has 0 aliphatic carbocycles. The van der Waals surface area contributed by atoms with Gasteiger partial charge in [-0.15, -0.1) is 0 Å². The molecule has 0 aliphatic rings. The summed E-state index contributed by atoms with van der Waals surface area (Å²) in [5, 5.41) is 9.56. The number of rotatable bonds is 6. The third-order valence-electron chi connectivity index (χ3n) is 2.95. The van der Waals surface area contributed by atoms with E-state index in [2.05, 4.69) is 0 Å². The zero-order valence-corrected chi connectivity index (χ0v) is 11.8. The highest BCUT2D eigenvalue weighted by Gasteiger charge is 2.29. The summed E-state index contributed by atoms with van der Waals surface area (Å²) in [6.07, 6.45) is -2.60. The molecule has 1 aromatic rings. The summed E-state index contributed by atoms with van der Waals surface area (Å²) in [7, 11) is -3.35. The van der Waals surface area contributed by atoms with Crippen molar-refractivity contribution in [3.63, 3.8) is 0 Å². The molecule has 3 nitrogen and oxygen atoms in total. The van der Waals surface area contributed by atoms with Crippen molar-refractivity contribution in [3.05, 3.63) is 34.6 Å². The van der Waals surface area contributed by atoms with Crippen LogP contribution in [0.15, 0.2) is 0 Å². The molecule has 0 radical (unpaired) electrons. The van der Waals surface area contributed by atoms with Crippen LogP contribution in [0.5, 0.6) is 0 Å². The van der Waals surface area contributed by atoms with Crippen molar-refractivity contribution in [1.29, 1.82) is 0 Å². The minimum atomic E-state index is -3.35. The van der Waals surface area contributed by atoms with E-state index in [0.717, 1.165) is 0 Å². The van der Waals surface area contributed by atoms with Crippen molar-refractivity contribution >= 4 is 9.84 Å². The molecule has 0 bridgehead atoms. The Morgan fingerprint density at radius 3 is 1.81 bits per heavy atom. The fraction of sp³-hybridized carbons (Fsp3) is 0.500. The second-order valence-electron chi connectivity index (χ2n) is 4.38. The molecule has 1 unspecified atom stereocenters. The van der Waals surface area contributed by atoms with Crippen LogP contribution in [0.25, 0.3) is 0 Å². The Hall–Kier alpha value is -1.22. The Balaban J connectivity index is 2.96. The van der Waals surface area contributed by atoms with Gasteiger partial charge in [0.2, 0.25) is 5.82 Å². The minimum Gasteiger partial charge on any atom is -0.388 e. The van der Waals surface area contributed by atoms with Crippen LogP contribution in [0.4, 0.5) is 22.0 Å². The summed E-state index contributed by atoms with van der Waals surface area (Å²) in [6, 6.07) is 0. The fourth-order valence-electron chi connectivity index (χ4n) is 1.70. The number of halogens is 5. The van der Waals surface area contributed by atoms with Gasteiger partial charge in [0.05, 0.1) is 17.4 Å². The molecule has 0 saturated carbocycles. The minimum absolute atomic E-state index is 0.147. The maximum absolute atomic E-state index is 13.4. The van der Waals surface area contributed by atoms with E-state index >= 15 is 0 Å². The Kier molecular flexibility index (Phi) is 5.68. The first kappa shape index (κ1) is 17.8. The molecular formula is C12H13F5O3S. The summed E-state index contributed by atoms with van der Waals surface area (Å²) >= 11 is 0. The van der Waals surface area contributed by atoms with Crippen molar-refractivity contribution in [2.45, 2.75) is 25.9 Å². The normalized spacial score (nSPS) is 13.5. The van der Waals surface area contributed by atoms with Crippen LogP contribution in [0.1, 0.15) is 31.4 Å². The summed E-state index contributed by atoms with van der Waals surface area (Å²) in [5.41, 5.74) is -1.35. The molecule has 1 N–H and O–H groups in total. The van der Waals surface area contributed by atoms with Crippen LogP contribution in [0.3, 0.4) is 0 Å². The number of hydrogen-bond donors (Lipinski definition) is 1. The standard InChI is InChI=1S/C12H13F5O3S/c1-2-21(19,20)5-3-4-6(18)7-8(13)10(15)12(17)11(16)9(7)14/h6,18H,2-5H2,1H3. The molecule has 0 aromatic heterocycles. The van der Waals surface area contributed by atoms with Gasteiger partial charge in [0.1, 0.15) is 9.84 Å². The lowest BCUT2D eigenvalue weighted by Crippen LogP contribution is -2.14. The van der Waals surface area contributed by atoms with Crippen LogP contribution < -0.4 is 0 Å². The zero-order valence-electron chi connectivity index (χ0n) is 11.0. The van der Waals surface area contributed by atoms with Crippen molar-refractivity contribution in [1.82, 2.24) is 0 Å². The molecule has 9 heteroatoms. The highest BCUT2D eigenvalue weighted by molar-refractivity contribution is 7.91. The van der Waals surface area contributed by atoms with E-state index in [4.69, 9.17) is 0 Å². The van der Waals surface area contributed by atoms with Crippen LogP contribution in [-0.4, -0.2) is 25.0 Å². The average molecular weight is 332 g/mol. The number of aliphatic hydroxyl groups is 1. The molecule has 0 amide bonds. The van der Waals surface area contributed by atoms with E-state index in [0.29, 0.717) is 0 Å². The summed E-state index contributed by atoms with van der Waals surface area (Å²) in [5.74, 6) is -11.3. The molecule has 0 heterocycles. The van der Waals surface area contributed by atoms with Crippen LogP contribution in [0, 0.1) is 29.1 Å². The van der Waals surface area contributed by atoms with Gasteiger partial charge in [0.15, 0.2) is 23.3 Å². The highest BCUT2D eigenvalue weighted by atomic mass is 32.2. The van der Waals surface area contributed by atoms with Gasteiger partial charge in [0.25, 0.3) is 0 Å². The summed E-state index contributed by atoms with van der Waals surface area (Å²) < 4.78 is 87.9. The van der Waals surface area contributed by atoms with Gasteiger partial charge in [0, 0.05) is 5.75 Å². The summed E-state index contributed by atoms with van der Waals surface area (Å²) in [6.45, 7) is 1.40. The molecule has 21 heavy (non-hydrogen) atoms. The topological polar surface area (TPSA) is 54.4 Å². The lowest BCUT2D eigenvalue weighted by atomic mass is 10.0. The van der Waals surface area contributed by atoms with Gasteiger partial charge >= 0.3 is 0 Å². The first-order chi connectivity index (χ1) is 9.62. The van der Waals surface area contributed by atoms with Gasteiger partial charge in [-0.3, -0.25) is 0 Å². The Labute approximate surface area is 118 Å². The quantitative estimate of drug-likeness (QED) is 0.495. The van der Waals surface area contributed by atoms with Gasteiger partial charge < -0.3 is 5.11 Å². The Morgan fingerprint density at radius 2 is 1.38 bits per heavy atom. The molecule has 120 valence electrons. The summed E-state index contributed by atoms with van der Waals surface area (Å²) in [4.78, 5) is 0. The van der Waals surface area contributed by atoms with Crippen molar-refractivity contribution < 1.29 is 35.5 Å². The SMILES string of the molecule is CCS(=O)(=O)CCCC(O)c1c(F)c(F)c(F)c(F)c1F. The van der Waals surface area contributed by atoms with Gasteiger partial charge in [-0.2, -0.15) is 0 Å². The number of hydrogen-bond acceptors (Lipinski definition) is 3. The lowest BCUT2D eigenvalue weighted by Gasteiger charge is -2.14. The second-order valence-corrected chi connectivity index (χ2v) is 6.85. The fourth-order valence-corrected chi connectivity index (χ4v) is 2.59. The van der Waals surface area contributed by atoms with Gasteiger partial charge in [-0.25, -0.2) is 30.4 Å². The third kappa shape index (κ3) is 3.91. The predicted octanol–water partition coefficient (Wildman–Crippen LogP) is 2.63. The molecule has 0 aliphatic heterocycles. The van der Waals surface area contributed by atoms with Crippen LogP contribution in [-0.2, 0) is 9.84 Å². The molecule has 0 spiro atoms. The average Bonchev–Trinajstić information content (AvgIpc) is 2.43. The van der Waals surface area contributed by atoms with Crippen molar-refractivity contribution in [2.75, 3.05) is 11.5 Å². The van der Waals surface area contributed by atoms with Crippen LogP contribution in [0.2, 0.25) is 0 Å². The van der Waals surface area contributed by atoms with E-state index in [1.807, 2.05) is 0 Å². The molecular weight excluding hydrogens is 319 g/mol. The molecule has 1 rings (SSSR count). The number of benzene rings is 1. The van der Waals surface area contributed by atoms with E-state index < -0.39 is 57.0 Å². The lowest BCUT2D eigenvalue weighted by molar-refractivity contribution is 0.153. The van der Waals surface area contributed by atoms with Gasteiger partial charge in [-0.05, 0) is 12.8 Å². The number of sulfone groups is 1. The largest absolute Gasteiger partial charge is 0.388 e. The molecule has 0 saturated heterocycles. The molecule has 1 aromatic carbocycles. The smallest absolute Gasteiger partial charge is 0.200 e. The first-order valence-corrected chi connectivity index (χ1v) is 7.84. The molecule has 1 atom stereocenters. The van der Waals surface area contributed by atoms with E-state index in [1.54, 1.807) is 0 Å². The first-order valence-electron chi connectivity index (χ1n) is 6.02. The maximum Gasteiger partial charge on any atom is 0.200 e. The van der Waals surface area contributed by atoms with E-state index in [9.17, 15) is 35.5 Å². The Bertz CT molecular complexity index is 601.